The molecule has 3 heterocycles. The van der Waals surface area contributed by atoms with E-state index in [1.807, 2.05) is 0 Å². The number of hydrogen-bond acceptors (Lipinski definition) is 4. The fourth-order valence-corrected chi connectivity index (χ4v) is 3.24. The summed E-state index contributed by atoms with van der Waals surface area (Å²) in [5, 5.41) is 14.7. The van der Waals surface area contributed by atoms with Gasteiger partial charge in [0, 0.05) is 39.1 Å². The number of fused-ring (bicyclic) bond motifs is 1. The monoisotopic (exact) mass is 473 g/mol. The number of hydrogen-bond donors (Lipinski definition) is 2. The third-order valence-corrected chi connectivity index (χ3v) is 4.34. The molecule has 1 fully saturated rings. The first kappa shape index (κ1) is 20.2. The van der Waals surface area contributed by atoms with E-state index in [1.54, 1.807) is 7.05 Å². The summed E-state index contributed by atoms with van der Waals surface area (Å²) in [6.07, 6.45) is -1.45. The lowest BCUT2D eigenvalue weighted by atomic mass is 10.3. The van der Waals surface area contributed by atoms with E-state index in [0.29, 0.717) is 32.0 Å². The number of nitrogens with one attached hydrogen (secondary N) is 2. The number of aliphatic imine (C=N–C) groups is 1. The molecular weight excluding hydrogens is 450 g/mol. The highest BCUT2D eigenvalue weighted by atomic mass is 127. The minimum atomic E-state index is -4.15. The van der Waals surface area contributed by atoms with Gasteiger partial charge in [-0.1, -0.05) is 0 Å². The highest BCUT2D eigenvalue weighted by Crippen LogP contribution is 2.20. The lowest BCUT2D eigenvalue weighted by Crippen LogP contribution is -2.45. The highest BCUT2D eigenvalue weighted by molar-refractivity contribution is 14.0. The van der Waals surface area contributed by atoms with E-state index in [2.05, 4.69) is 30.4 Å². The average molecular weight is 473 g/mol. The molecule has 0 bridgehead atoms. The molecular formula is C14H23F3IN7. The van der Waals surface area contributed by atoms with Gasteiger partial charge in [-0.25, -0.2) is 0 Å². The van der Waals surface area contributed by atoms with Crippen molar-refractivity contribution in [2.75, 3.05) is 26.7 Å². The smallest absolute Gasteiger partial charge is 0.352 e. The largest absolute Gasteiger partial charge is 0.401 e. The summed E-state index contributed by atoms with van der Waals surface area (Å²) in [7, 11) is 1.64. The predicted octanol–water partition coefficient (Wildman–Crippen LogP) is 1.14. The highest BCUT2D eigenvalue weighted by Gasteiger charge is 2.34. The Morgan fingerprint density at radius 2 is 2.12 bits per heavy atom. The van der Waals surface area contributed by atoms with Crippen LogP contribution in [0.25, 0.3) is 0 Å². The second-order valence-electron chi connectivity index (χ2n) is 6.19. The maximum absolute atomic E-state index is 12.4. The summed E-state index contributed by atoms with van der Waals surface area (Å²) in [6.45, 7) is 1.36. The lowest BCUT2D eigenvalue weighted by molar-refractivity contribution is -0.143. The zero-order valence-corrected chi connectivity index (χ0v) is 16.3. The van der Waals surface area contributed by atoms with Crippen LogP contribution in [0.1, 0.15) is 24.5 Å². The third-order valence-electron chi connectivity index (χ3n) is 4.34. The van der Waals surface area contributed by atoms with Crippen LogP contribution in [0.15, 0.2) is 4.99 Å². The van der Waals surface area contributed by atoms with Crippen LogP contribution in [0, 0.1) is 0 Å². The summed E-state index contributed by atoms with van der Waals surface area (Å²) in [5.74, 6) is 2.44. The Bertz CT molecular complexity index is 602. The topological polar surface area (TPSA) is 70.4 Å². The van der Waals surface area contributed by atoms with E-state index < -0.39 is 12.7 Å². The first-order valence-corrected chi connectivity index (χ1v) is 8.12. The van der Waals surface area contributed by atoms with Gasteiger partial charge in [-0.2, -0.15) is 13.2 Å². The summed E-state index contributed by atoms with van der Waals surface area (Å²) in [5.41, 5.74) is 0. The molecule has 1 aromatic heterocycles. The van der Waals surface area contributed by atoms with Crippen LogP contribution in [-0.2, 0) is 19.5 Å². The van der Waals surface area contributed by atoms with Crippen LogP contribution < -0.4 is 10.6 Å². The van der Waals surface area contributed by atoms with Crippen molar-refractivity contribution in [2.24, 2.45) is 4.99 Å². The van der Waals surface area contributed by atoms with E-state index in [1.165, 1.54) is 4.90 Å². The molecule has 0 aliphatic carbocycles. The summed E-state index contributed by atoms with van der Waals surface area (Å²) in [4.78, 5) is 5.55. The molecule has 2 aliphatic heterocycles. The van der Waals surface area contributed by atoms with E-state index in [9.17, 15) is 13.2 Å². The van der Waals surface area contributed by atoms with E-state index in [0.717, 1.165) is 31.0 Å². The van der Waals surface area contributed by atoms with E-state index in [4.69, 9.17) is 0 Å². The quantitative estimate of drug-likeness (QED) is 0.390. The Hall–Kier alpha value is -1.11. The standard InChI is InChI=1S/C14H22F3N7.HI/c1-18-13(19-7-12-22-21-11-3-2-5-24(11)12)20-10-4-6-23(8-10)9-14(15,16)17;/h10H,2-9H2,1H3,(H2,18,19,20);1H. The number of guanidine groups is 1. The van der Waals surface area contributed by atoms with Crippen LogP contribution >= 0.6 is 24.0 Å². The molecule has 11 heteroatoms. The van der Waals surface area contributed by atoms with Crippen LogP contribution in [0.2, 0.25) is 0 Å². The van der Waals surface area contributed by atoms with Crippen molar-refractivity contribution in [3.8, 4) is 0 Å². The molecule has 1 aromatic rings. The number of rotatable bonds is 4. The van der Waals surface area contributed by atoms with E-state index in [-0.39, 0.29) is 30.0 Å². The predicted molar refractivity (Wildman–Crippen MR) is 98.0 cm³/mol. The van der Waals surface area contributed by atoms with Crippen LogP contribution in [0.5, 0.6) is 0 Å². The summed E-state index contributed by atoms with van der Waals surface area (Å²) < 4.78 is 39.4. The van der Waals surface area contributed by atoms with Crippen molar-refractivity contribution in [3.63, 3.8) is 0 Å². The second kappa shape index (κ2) is 8.52. The molecule has 2 aliphatic rings. The maximum Gasteiger partial charge on any atom is 0.401 e. The fraction of sp³-hybridized carbons (Fsp3) is 0.786. The molecule has 0 amide bonds. The third kappa shape index (κ3) is 5.43. The van der Waals surface area contributed by atoms with Gasteiger partial charge in [-0.05, 0) is 12.8 Å². The average Bonchev–Trinajstić information content (AvgIpc) is 3.19. The molecule has 0 saturated carbocycles. The Labute approximate surface area is 161 Å². The van der Waals surface area contributed by atoms with Crippen molar-refractivity contribution in [3.05, 3.63) is 11.6 Å². The van der Waals surface area contributed by atoms with Gasteiger partial charge in [0.1, 0.15) is 5.82 Å². The van der Waals surface area contributed by atoms with Gasteiger partial charge < -0.3 is 15.2 Å². The van der Waals surface area contributed by atoms with Crippen LogP contribution in [0.3, 0.4) is 0 Å². The molecule has 3 rings (SSSR count). The summed E-state index contributed by atoms with van der Waals surface area (Å²) in [6, 6.07) is -0.0392. The minimum Gasteiger partial charge on any atom is -0.352 e. The van der Waals surface area contributed by atoms with Crippen molar-refractivity contribution >= 4 is 29.9 Å². The zero-order valence-electron chi connectivity index (χ0n) is 14.0. The van der Waals surface area contributed by atoms with Gasteiger partial charge >= 0.3 is 6.18 Å². The molecule has 0 radical (unpaired) electrons. The molecule has 7 nitrogen and oxygen atoms in total. The van der Waals surface area contributed by atoms with Gasteiger partial charge in [0.05, 0.1) is 13.1 Å². The van der Waals surface area contributed by atoms with Crippen molar-refractivity contribution in [1.82, 2.24) is 30.3 Å². The van der Waals surface area contributed by atoms with Gasteiger partial charge in [0.2, 0.25) is 0 Å². The minimum absolute atomic E-state index is 0. The maximum atomic E-state index is 12.4. The Kier molecular flexibility index (Phi) is 6.88. The van der Waals surface area contributed by atoms with Gasteiger partial charge in [-0.3, -0.25) is 9.89 Å². The normalized spacial score (nSPS) is 21.1. The van der Waals surface area contributed by atoms with Gasteiger partial charge in [0.25, 0.3) is 0 Å². The number of aromatic nitrogens is 3. The molecule has 1 atom stereocenters. The summed E-state index contributed by atoms with van der Waals surface area (Å²) >= 11 is 0. The molecule has 0 spiro atoms. The fourth-order valence-electron chi connectivity index (χ4n) is 3.24. The van der Waals surface area contributed by atoms with Crippen molar-refractivity contribution < 1.29 is 13.2 Å². The SMILES string of the molecule is CN=C(NCc1nnc2n1CCC2)NC1CCN(CC(F)(F)F)C1.I. The van der Waals surface area contributed by atoms with Gasteiger partial charge in [0.15, 0.2) is 11.8 Å². The number of alkyl halides is 3. The Morgan fingerprint density at radius 1 is 1.32 bits per heavy atom. The Morgan fingerprint density at radius 3 is 2.84 bits per heavy atom. The van der Waals surface area contributed by atoms with Crippen LogP contribution in [0.4, 0.5) is 13.2 Å². The number of halogens is 4. The second-order valence-corrected chi connectivity index (χ2v) is 6.19. The van der Waals surface area contributed by atoms with Crippen LogP contribution in [-0.4, -0.2) is 64.5 Å². The molecule has 1 saturated heterocycles. The number of likely N-dealkylation sites (tertiary alicyclic amines) is 1. The van der Waals surface area contributed by atoms with Crippen molar-refractivity contribution in [1.29, 1.82) is 0 Å². The molecule has 25 heavy (non-hydrogen) atoms. The van der Waals surface area contributed by atoms with E-state index >= 15 is 0 Å². The molecule has 2 N–H and O–H groups in total. The van der Waals surface area contributed by atoms with Gasteiger partial charge in [-0.15, -0.1) is 34.2 Å². The Balaban J connectivity index is 0.00000225. The molecule has 0 aromatic carbocycles. The first-order valence-electron chi connectivity index (χ1n) is 8.12. The van der Waals surface area contributed by atoms with Crippen molar-refractivity contribution in [2.45, 2.75) is 44.6 Å². The number of nitrogens with zero attached hydrogens (tertiary/aromatic N) is 5. The number of aryl methyl sites for hydroxylation is 1. The first-order chi connectivity index (χ1) is 11.4. The molecule has 1 unspecified atom stereocenters. The molecule has 142 valence electrons. The zero-order chi connectivity index (χ0) is 17.2. The lowest BCUT2D eigenvalue weighted by Gasteiger charge is -2.19.